The van der Waals surface area contributed by atoms with E-state index >= 15 is 0 Å². The van der Waals surface area contributed by atoms with Crippen molar-refractivity contribution in [1.82, 2.24) is 5.43 Å². The lowest BCUT2D eigenvalue weighted by atomic mass is 9.96. The second kappa shape index (κ2) is 8.53. The lowest BCUT2D eigenvalue weighted by molar-refractivity contribution is -0.136. The third kappa shape index (κ3) is 4.48. The fraction of sp³-hybridized carbons (Fsp3) is 0.222. The molecule has 6 nitrogen and oxygen atoms in total. The summed E-state index contributed by atoms with van der Waals surface area (Å²) in [7, 11) is 0. The molecule has 1 aliphatic carbocycles. The van der Waals surface area contributed by atoms with Crippen molar-refractivity contribution in [2.24, 2.45) is 5.10 Å². The molecule has 27 heavy (non-hydrogen) atoms. The standard InChI is InChI=1S/C18H14Cl2N4O2S/c19-11-6-5-10(14(20)7-11)9-22-24-17(26)16(25)23-18-13(8-21)12-3-1-2-4-15(12)27-18/h5-7,9H,1-4H2,(H,23,25)(H,24,26)/b22-9+. The van der Waals surface area contributed by atoms with Crippen LogP contribution in [0, 0.1) is 11.3 Å². The molecule has 0 radical (unpaired) electrons. The van der Waals surface area contributed by atoms with Crippen LogP contribution in [0.15, 0.2) is 23.3 Å². The van der Waals surface area contributed by atoms with E-state index in [2.05, 4.69) is 21.9 Å². The summed E-state index contributed by atoms with van der Waals surface area (Å²) in [6, 6.07) is 6.94. The van der Waals surface area contributed by atoms with Gasteiger partial charge in [0.05, 0.1) is 16.8 Å². The summed E-state index contributed by atoms with van der Waals surface area (Å²) in [5.74, 6) is -1.82. The molecule has 0 bridgehead atoms. The molecule has 1 aromatic carbocycles. The van der Waals surface area contributed by atoms with Crippen molar-refractivity contribution in [2.45, 2.75) is 25.7 Å². The topological polar surface area (TPSA) is 94.4 Å². The van der Waals surface area contributed by atoms with Crippen LogP contribution in [0.25, 0.3) is 0 Å². The SMILES string of the molecule is N#Cc1c(NC(=O)C(=O)N/N=C/c2ccc(Cl)cc2Cl)sc2c1CCCC2. The number of benzene rings is 1. The number of fused-ring (bicyclic) bond motifs is 1. The van der Waals surface area contributed by atoms with Gasteiger partial charge in [-0.05, 0) is 43.4 Å². The number of carbonyl (C=O) groups excluding carboxylic acids is 2. The molecule has 0 atom stereocenters. The molecule has 9 heteroatoms. The number of anilines is 1. The summed E-state index contributed by atoms with van der Waals surface area (Å²) in [5.41, 5.74) is 4.12. The molecule has 0 saturated carbocycles. The van der Waals surface area contributed by atoms with Gasteiger partial charge in [-0.15, -0.1) is 11.3 Å². The van der Waals surface area contributed by atoms with E-state index < -0.39 is 11.8 Å². The number of hydrogen-bond donors (Lipinski definition) is 2. The molecule has 2 amide bonds. The minimum atomic E-state index is -0.938. The van der Waals surface area contributed by atoms with Crippen molar-refractivity contribution in [3.8, 4) is 6.07 Å². The number of hydrogen-bond acceptors (Lipinski definition) is 5. The predicted octanol–water partition coefficient (Wildman–Crippen LogP) is 3.89. The first-order chi connectivity index (χ1) is 13.0. The van der Waals surface area contributed by atoms with Gasteiger partial charge in [-0.2, -0.15) is 10.4 Å². The van der Waals surface area contributed by atoms with Crippen molar-refractivity contribution in [3.05, 3.63) is 49.8 Å². The molecule has 0 unspecified atom stereocenters. The summed E-state index contributed by atoms with van der Waals surface area (Å²) in [5, 5.41) is 16.9. The van der Waals surface area contributed by atoms with E-state index in [1.54, 1.807) is 18.2 Å². The first-order valence-corrected chi connectivity index (χ1v) is 9.71. The third-order valence-corrected chi connectivity index (χ3v) is 5.82. The maximum absolute atomic E-state index is 12.1. The van der Waals surface area contributed by atoms with Gasteiger partial charge in [0.1, 0.15) is 11.1 Å². The van der Waals surface area contributed by atoms with Crippen LogP contribution in [0.4, 0.5) is 5.00 Å². The maximum atomic E-state index is 12.1. The highest BCUT2D eigenvalue weighted by Crippen LogP contribution is 2.37. The van der Waals surface area contributed by atoms with E-state index in [1.807, 2.05) is 0 Å². The third-order valence-electron chi connectivity index (χ3n) is 4.05. The Labute approximate surface area is 169 Å². The molecule has 0 spiro atoms. The zero-order valence-corrected chi connectivity index (χ0v) is 16.3. The van der Waals surface area contributed by atoms with Crippen LogP contribution >= 0.6 is 34.5 Å². The summed E-state index contributed by atoms with van der Waals surface area (Å²) >= 11 is 13.2. The highest BCUT2D eigenvalue weighted by atomic mass is 35.5. The number of nitrogens with one attached hydrogen (secondary N) is 2. The average molecular weight is 421 g/mol. The number of rotatable bonds is 3. The van der Waals surface area contributed by atoms with Crippen LogP contribution < -0.4 is 10.7 Å². The molecular formula is C18H14Cl2N4O2S. The van der Waals surface area contributed by atoms with E-state index in [9.17, 15) is 14.9 Å². The second-order valence-electron chi connectivity index (χ2n) is 5.85. The number of thiophene rings is 1. The number of aryl methyl sites for hydroxylation is 1. The Morgan fingerprint density at radius 1 is 1.22 bits per heavy atom. The predicted molar refractivity (Wildman–Crippen MR) is 107 cm³/mol. The number of hydrazone groups is 1. The van der Waals surface area contributed by atoms with E-state index in [0.29, 0.717) is 26.2 Å². The molecule has 2 aromatic rings. The summed E-state index contributed by atoms with van der Waals surface area (Å²) < 4.78 is 0. The van der Waals surface area contributed by atoms with Gasteiger partial charge in [-0.1, -0.05) is 29.3 Å². The van der Waals surface area contributed by atoms with Crippen LogP contribution in [0.5, 0.6) is 0 Å². The maximum Gasteiger partial charge on any atom is 0.329 e. The summed E-state index contributed by atoms with van der Waals surface area (Å²) in [4.78, 5) is 25.2. The smallest absolute Gasteiger partial charge is 0.308 e. The molecule has 1 aliphatic rings. The first kappa shape index (κ1) is 19.4. The largest absolute Gasteiger partial charge is 0.329 e. The van der Waals surface area contributed by atoms with E-state index in [-0.39, 0.29) is 0 Å². The number of carbonyl (C=O) groups is 2. The molecular weight excluding hydrogens is 407 g/mol. The molecule has 138 valence electrons. The molecule has 0 saturated heterocycles. The molecule has 0 aliphatic heterocycles. The van der Waals surface area contributed by atoms with Crippen molar-refractivity contribution < 1.29 is 9.59 Å². The van der Waals surface area contributed by atoms with Gasteiger partial charge in [0.15, 0.2) is 0 Å². The van der Waals surface area contributed by atoms with Crippen LogP contribution in [0.1, 0.15) is 34.4 Å². The minimum absolute atomic E-state index is 0.368. The molecule has 0 fully saturated rings. The second-order valence-corrected chi connectivity index (χ2v) is 7.79. The van der Waals surface area contributed by atoms with Gasteiger partial charge in [0, 0.05) is 15.5 Å². The van der Waals surface area contributed by atoms with Crippen LogP contribution in [0.3, 0.4) is 0 Å². The Balaban J connectivity index is 1.65. The van der Waals surface area contributed by atoms with Crippen molar-refractivity contribution in [1.29, 1.82) is 5.26 Å². The van der Waals surface area contributed by atoms with Gasteiger partial charge < -0.3 is 5.32 Å². The summed E-state index contributed by atoms with van der Waals surface area (Å²) in [6.45, 7) is 0. The first-order valence-electron chi connectivity index (χ1n) is 8.13. The Kier molecular flexibility index (Phi) is 6.11. The van der Waals surface area contributed by atoms with Gasteiger partial charge in [-0.25, -0.2) is 5.43 Å². The van der Waals surface area contributed by atoms with E-state index in [0.717, 1.165) is 36.1 Å². The van der Waals surface area contributed by atoms with Crippen LogP contribution in [-0.2, 0) is 22.4 Å². The van der Waals surface area contributed by atoms with E-state index in [1.165, 1.54) is 17.6 Å². The average Bonchev–Trinajstić information content (AvgIpc) is 3.00. The lowest BCUT2D eigenvalue weighted by Crippen LogP contribution is -2.32. The molecule has 2 N–H and O–H groups in total. The van der Waals surface area contributed by atoms with Gasteiger partial charge in [0.2, 0.25) is 0 Å². The van der Waals surface area contributed by atoms with E-state index in [4.69, 9.17) is 23.2 Å². The quantitative estimate of drug-likeness (QED) is 0.447. The van der Waals surface area contributed by atoms with Crippen molar-refractivity contribution in [2.75, 3.05) is 5.32 Å². The van der Waals surface area contributed by atoms with Crippen molar-refractivity contribution in [3.63, 3.8) is 0 Å². The monoisotopic (exact) mass is 420 g/mol. The molecule has 1 heterocycles. The van der Waals surface area contributed by atoms with Gasteiger partial charge >= 0.3 is 11.8 Å². The number of nitriles is 1. The van der Waals surface area contributed by atoms with Gasteiger partial charge in [-0.3, -0.25) is 9.59 Å². The highest BCUT2D eigenvalue weighted by Gasteiger charge is 2.23. The van der Waals surface area contributed by atoms with Gasteiger partial charge in [0.25, 0.3) is 0 Å². The highest BCUT2D eigenvalue weighted by molar-refractivity contribution is 7.16. The van der Waals surface area contributed by atoms with Crippen LogP contribution in [0.2, 0.25) is 10.0 Å². The zero-order valence-electron chi connectivity index (χ0n) is 14.0. The number of nitrogens with zero attached hydrogens (tertiary/aromatic N) is 2. The number of halogens is 2. The van der Waals surface area contributed by atoms with Crippen molar-refractivity contribution >= 4 is 57.6 Å². The molecule has 1 aromatic heterocycles. The lowest BCUT2D eigenvalue weighted by Gasteiger charge is -2.09. The van der Waals surface area contributed by atoms with Crippen LogP contribution in [-0.4, -0.2) is 18.0 Å². The Bertz CT molecular complexity index is 978. The fourth-order valence-electron chi connectivity index (χ4n) is 2.75. The molecule has 3 rings (SSSR count). The Morgan fingerprint density at radius 2 is 2.00 bits per heavy atom. The summed E-state index contributed by atoms with van der Waals surface area (Å²) in [6.07, 6.45) is 5.11. The zero-order chi connectivity index (χ0) is 19.4. The minimum Gasteiger partial charge on any atom is -0.308 e. The Hall–Kier alpha value is -2.40. The Morgan fingerprint density at radius 3 is 2.74 bits per heavy atom. The fourth-order valence-corrected chi connectivity index (χ4v) is 4.44. The normalized spacial score (nSPS) is 13.1. The number of amides is 2.